The number of aryl methyl sites for hydroxylation is 2. The van der Waals surface area contributed by atoms with Crippen LogP contribution in [-0.4, -0.2) is 61.9 Å². The summed E-state index contributed by atoms with van der Waals surface area (Å²) in [5.41, 5.74) is 3.24. The second kappa shape index (κ2) is 6.12. The molecule has 1 fully saturated rings. The molecular weight excluding hydrogens is 318 g/mol. The van der Waals surface area contributed by atoms with Crippen molar-refractivity contribution in [1.29, 1.82) is 0 Å². The molecule has 1 aliphatic rings. The molecule has 3 aromatic rings. The molecule has 4 rings (SSSR count). The zero-order chi connectivity index (χ0) is 17.4. The molecule has 0 unspecified atom stereocenters. The Bertz CT molecular complexity index is 928. The molecule has 0 aliphatic carbocycles. The summed E-state index contributed by atoms with van der Waals surface area (Å²) in [7, 11) is 1.81. The van der Waals surface area contributed by atoms with Gasteiger partial charge in [-0.25, -0.2) is 14.6 Å². The van der Waals surface area contributed by atoms with Crippen LogP contribution in [0.25, 0.3) is 11.2 Å². The van der Waals surface area contributed by atoms with Gasteiger partial charge in [0.25, 0.3) is 5.91 Å². The monoisotopic (exact) mass is 337 g/mol. The first-order valence-electron chi connectivity index (χ1n) is 8.25. The molecule has 128 valence electrons. The van der Waals surface area contributed by atoms with Gasteiger partial charge in [-0.2, -0.15) is 0 Å². The lowest BCUT2D eigenvalue weighted by molar-refractivity contribution is 0.0746. The molecule has 8 nitrogen and oxygen atoms in total. The minimum Gasteiger partial charge on any atom is -0.351 e. The molecule has 0 atom stereocenters. The van der Waals surface area contributed by atoms with Crippen molar-refractivity contribution in [3.05, 3.63) is 41.7 Å². The maximum Gasteiger partial charge on any atom is 0.253 e. The number of anilines is 1. The van der Waals surface area contributed by atoms with E-state index in [1.165, 1.54) is 6.33 Å². The third-order valence-corrected chi connectivity index (χ3v) is 4.50. The Labute approximate surface area is 145 Å². The molecule has 1 amide bonds. The lowest BCUT2D eigenvalue weighted by atomic mass is 10.1. The van der Waals surface area contributed by atoms with Gasteiger partial charge in [-0.1, -0.05) is 22.9 Å². The average Bonchev–Trinajstić information content (AvgIpc) is 3.03. The van der Waals surface area contributed by atoms with E-state index < -0.39 is 0 Å². The minimum absolute atomic E-state index is 0.0793. The fourth-order valence-corrected chi connectivity index (χ4v) is 3.15. The summed E-state index contributed by atoms with van der Waals surface area (Å²) < 4.78 is 1.64. The van der Waals surface area contributed by atoms with E-state index in [-0.39, 0.29) is 5.91 Å². The topological polar surface area (TPSA) is 80.0 Å². The molecule has 25 heavy (non-hydrogen) atoms. The third-order valence-electron chi connectivity index (χ3n) is 4.50. The van der Waals surface area contributed by atoms with E-state index in [0.717, 1.165) is 16.9 Å². The summed E-state index contributed by atoms with van der Waals surface area (Å²) in [6.07, 6.45) is 1.53. The number of aromatic nitrogens is 5. The van der Waals surface area contributed by atoms with Crippen LogP contribution in [0.15, 0.2) is 30.6 Å². The van der Waals surface area contributed by atoms with Crippen LogP contribution in [0.2, 0.25) is 0 Å². The molecule has 2 aromatic heterocycles. The molecule has 1 aliphatic heterocycles. The van der Waals surface area contributed by atoms with Crippen molar-refractivity contribution < 1.29 is 4.79 Å². The average molecular weight is 337 g/mol. The standard InChI is InChI=1S/C17H19N7O/c1-12-4-3-5-13(10-12)17(25)24-8-6-23(7-9-24)16-14-15(18-11-19-16)22(2)21-20-14/h3-5,10-11H,6-9H2,1-2H3. The van der Waals surface area contributed by atoms with Crippen LogP contribution >= 0.6 is 0 Å². The summed E-state index contributed by atoms with van der Waals surface area (Å²) in [5.74, 6) is 0.858. The van der Waals surface area contributed by atoms with Crippen molar-refractivity contribution in [3.8, 4) is 0 Å². The number of carbonyl (C=O) groups excluding carboxylic acids is 1. The number of carbonyl (C=O) groups is 1. The van der Waals surface area contributed by atoms with Crippen LogP contribution in [0.3, 0.4) is 0 Å². The molecule has 0 radical (unpaired) electrons. The normalized spacial score (nSPS) is 15.0. The summed E-state index contributed by atoms with van der Waals surface area (Å²) in [6.45, 7) is 4.72. The molecule has 1 aromatic carbocycles. The molecule has 0 bridgehead atoms. The smallest absolute Gasteiger partial charge is 0.253 e. The molecule has 8 heteroatoms. The van der Waals surface area contributed by atoms with Crippen molar-refractivity contribution in [2.24, 2.45) is 7.05 Å². The van der Waals surface area contributed by atoms with Gasteiger partial charge >= 0.3 is 0 Å². The van der Waals surface area contributed by atoms with E-state index in [1.807, 2.05) is 43.1 Å². The third kappa shape index (κ3) is 2.79. The number of nitrogens with zero attached hydrogens (tertiary/aromatic N) is 7. The zero-order valence-corrected chi connectivity index (χ0v) is 14.3. The Balaban J connectivity index is 1.50. The van der Waals surface area contributed by atoms with E-state index in [9.17, 15) is 4.79 Å². The SMILES string of the molecule is Cc1cccc(C(=O)N2CCN(c3ncnc4c3nnn4C)CC2)c1. The predicted octanol–water partition coefficient (Wildman–Crippen LogP) is 1.03. The maximum absolute atomic E-state index is 12.7. The van der Waals surface area contributed by atoms with Crippen molar-refractivity contribution in [1.82, 2.24) is 29.9 Å². The Kier molecular flexibility index (Phi) is 3.79. The largest absolute Gasteiger partial charge is 0.351 e. The first-order valence-corrected chi connectivity index (χ1v) is 8.25. The fraction of sp³-hybridized carbons (Fsp3) is 0.353. The van der Waals surface area contributed by atoms with Crippen LogP contribution in [0, 0.1) is 6.92 Å². The first-order chi connectivity index (χ1) is 12.1. The Hall–Kier alpha value is -3.03. The Morgan fingerprint density at radius 1 is 1.12 bits per heavy atom. The highest BCUT2D eigenvalue weighted by molar-refractivity contribution is 5.94. The van der Waals surface area contributed by atoms with Gasteiger partial charge in [-0.05, 0) is 19.1 Å². The highest BCUT2D eigenvalue weighted by atomic mass is 16.2. The van der Waals surface area contributed by atoms with Crippen LogP contribution < -0.4 is 4.90 Å². The number of rotatable bonds is 2. The molecule has 1 saturated heterocycles. The zero-order valence-electron chi connectivity index (χ0n) is 14.3. The van der Waals surface area contributed by atoms with Crippen molar-refractivity contribution in [2.45, 2.75) is 6.92 Å². The van der Waals surface area contributed by atoms with Crippen molar-refractivity contribution in [3.63, 3.8) is 0 Å². The number of hydrogen-bond donors (Lipinski definition) is 0. The van der Waals surface area contributed by atoms with E-state index in [1.54, 1.807) is 4.68 Å². The van der Waals surface area contributed by atoms with Gasteiger partial charge in [0.2, 0.25) is 0 Å². The van der Waals surface area contributed by atoms with E-state index in [2.05, 4.69) is 25.2 Å². The van der Waals surface area contributed by atoms with Gasteiger partial charge < -0.3 is 9.80 Å². The fourth-order valence-electron chi connectivity index (χ4n) is 3.15. The molecule has 0 spiro atoms. The lowest BCUT2D eigenvalue weighted by Gasteiger charge is -2.35. The highest BCUT2D eigenvalue weighted by Crippen LogP contribution is 2.21. The number of fused-ring (bicyclic) bond motifs is 1. The summed E-state index contributed by atoms with van der Waals surface area (Å²) >= 11 is 0. The molecular formula is C17H19N7O. The molecule has 3 heterocycles. The summed E-state index contributed by atoms with van der Waals surface area (Å²) in [6, 6.07) is 7.72. The highest BCUT2D eigenvalue weighted by Gasteiger charge is 2.25. The van der Waals surface area contributed by atoms with Gasteiger partial charge in [-0.3, -0.25) is 4.79 Å². The second-order valence-corrected chi connectivity index (χ2v) is 6.23. The van der Waals surface area contributed by atoms with Crippen LogP contribution in [0.4, 0.5) is 5.82 Å². The summed E-state index contributed by atoms with van der Waals surface area (Å²) in [4.78, 5) is 25.3. The Morgan fingerprint density at radius 2 is 1.92 bits per heavy atom. The van der Waals surface area contributed by atoms with Gasteiger partial charge in [0.1, 0.15) is 6.33 Å². The van der Waals surface area contributed by atoms with Gasteiger partial charge in [0.15, 0.2) is 17.0 Å². The first kappa shape index (κ1) is 15.5. The van der Waals surface area contributed by atoms with E-state index >= 15 is 0 Å². The van der Waals surface area contributed by atoms with Gasteiger partial charge in [0, 0.05) is 38.8 Å². The predicted molar refractivity (Wildman–Crippen MR) is 93.4 cm³/mol. The molecule has 0 saturated carbocycles. The number of amides is 1. The second-order valence-electron chi connectivity index (χ2n) is 6.23. The van der Waals surface area contributed by atoms with Crippen LogP contribution in [0.5, 0.6) is 0 Å². The van der Waals surface area contributed by atoms with Crippen molar-refractivity contribution >= 4 is 22.9 Å². The quantitative estimate of drug-likeness (QED) is 0.695. The van der Waals surface area contributed by atoms with Gasteiger partial charge in [-0.15, -0.1) is 5.10 Å². The molecule has 0 N–H and O–H groups in total. The number of benzene rings is 1. The van der Waals surface area contributed by atoms with Crippen molar-refractivity contribution in [2.75, 3.05) is 31.1 Å². The number of hydrogen-bond acceptors (Lipinski definition) is 6. The number of piperazine rings is 1. The van der Waals surface area contributed by atoms with Gasteiger partial charge in [0.05, 0.1) is 0 Å². The maximum atomic E-state index is 12.7. The van der Waals surface area contributed by atoms with Crippen LogP contribution in [0.1, 0.15) is 15.9 Å². The minimum atomic E-state index is 0.0793. The van der Waals surface area contributed by atoms with E-state index in [4.69, 9.17) is 0 Å². The lowest BCUT2D eigenvalue weighted by Crippen LogP contribution is -2.49. The Morgan fingerprint density at radius 3 is 2.68 bits per heavy atom. The van der Waals surface area contributed by atoms with Crippen LogP contribution in [-0.2, 0) is 7.05 Å². The van der Waals surface area contributed by atoms with E-state index in [0.29, 0.717) is 37.3 Å². The summed E-state index contributed by atoms with van der Waals surface area (Å²) in [5, 5.41) is 8.19.